The Morgan fingerprint density at radius 3 is 1.85 bits per heavy atom. The number of allylic oxidation sites excluding steroid dienone is 3. The second-order valence-corrected chi connectivity index (χ2v) is 2.59. The van der Waals surface area contributed by atoms with Gasteiger partial charge in [0.25, 0.3) is 0 Å². The van der Waals surface area contributed by atoms with Gasteiger partial charge in [-0.15, -0.1) is 0 Å². The van der Waals surface area contributed by atoms with Crippen LogP contribution in [0.4, 0.5) is 0 Å². The lowest BCUT2D eigenvalue weighted by Gasteiger charge is -2.04. The number of rotatable bonds is 2. The van der Waals surface area contributed by atoms with Crippen molar-refractivity contribution in [2.24, 2.45) is 0 Å². The predicted molar refractivity (Wildman–Crippen MR) is 58.4 cm³/mol. The minimum Gasteiger partial charge on any atom is -0.326 e. The van der Waals surface area contributed by atoms with E-state index in [2.05, 4.69) is 5.32 Å². The van der Waals surface area contributed by atoms with Crippen LogP contribution in [0, 0.1) is 0 Å². The van der Waals surface area contributed by atoms with Gasteiger partial charge >= 0.3 is 0 Å². The Kier molecular flexibility index (Phi) is 10.1. The highest BCUT2D eigenvalue weighted by Gasteiger charge is 1.95. The van der Waals surface area contributed by atoms with Crippen LogP contribution in [0.15, 0.2) is 23.4 Å². The van der Waals surface area contributed by atoms with Crippen molar-refractivity contribution in [1.82, 2.24) is 5.32 Å². The molecule has 13 heavy (non-hydrogen) atoms. The third-order valence-corrected chi connectivity index (χ3v) is 1.18. The number of amides is 1. The Morgan fingerprint density at radius 1 is 1.15 bits per heavy atom. The normalized spacial score (nSPS) is 8.77. The minimum atomic E-state index is -0.0284. The molecule has 0 atom stereocenters. The van der Waals surface area contributed by atoms with Gasteiger partial charge in [0.1, 0.15) is 0 Å². The molecule has 1 amide bonds. The SMILES string of the molecule is C/C=C\C(NC(C)=O)=C(C)C.CC. The fourth-order valence-electron chi connectivity index (χ4n) is 0.690. The highest BCUT2D eigenvalue weighted by Crippen LogP contribution is 2.00. The van der Waals surface area contributed by atoms with Gasteiger partial charge in [0.05, 0.1) is 0 Å². The van der Waals surface area contributed by atoms with Crippen LogP contribution in [0.2, 0.25) is 0 Å². The van der Waals surface area contributed by atoms with Crippen molar-refractivity contribution >= 4 is 5.91 Å². The van der Waals surface area contributed by atoms with Crippen molar-refractivity contribution in [3.63, 3.8) is 0 Å². The zero-order chi connectivity index (χ0) is 10.9. The van der Waals surface area contributed by atoms with E-state index in [1.54, 1.807) is 0 Å². The molecule has 0 rings (SSSR count). The molecule has 0 heterocycles. The maximum Gasteiger partial charge on any atom is 0.221 e. The third-order valence-electron chi connectivity index (χ3n) is 1.18. The molecule has 0 saturated heterocycles. The predicted octanol–water partition coefficient (Wildman–Crippen LogP) is 3.02. The van der Waals surface area contributed by atoms with Crippen molar-refractivity contribution in [1.29, 1.82) is 0 Å². The first-order valence-corrected chi connectivity index (χ1v) is 4.65. The fourth-order valence-corrected chi connectivity index (χ4v) is 0.690. The summed E-state index contributed by atoms with van der Waals surface area (Å²) in [6, 6.07) is 0. The molecule has 76 valence electrons. The molecule has 0 aliphatic rings. The standard InChI is InChI=1S/C9H15NO.C2H6/c1-5-6-9(7(2)3)10-8(4)11;1-2/h5-6H,1-4H3,(H,10,11);1-2H3/b6-5-;. The summed E-state index contributed by atoms with van der Waals surface area (Å²) in [6.07, 6.45) is 3.79. The van der Waals surface area contributed by atoms with Gasteiger partial charge in [0, 0.05) is 12.6 Å². The largest absolute Gasteiger partial charge is 0.326 e. The van der Waals surface area contributed by atoms with E-state index in [9.17, 15) is 4.79 Å². The van der Waals surface area contributed by atoms with E-state index in [1.165, 1.54) is 6.92 Å². The smallest absolute Gasteiger partial charge is 0.221 e. The Bertz CT molecular complexity index is 198. The highest BCUT2D eigenvalue weighted by atomic mass is 16.1. The lowest BCUT2D eigenvalue weighted by atomic mass is 10.2. The third kappa shape index (κ3) is 8.86. The van der Waals surface area contributed by atoms with Gasteiger partial charge < -0.3 is 5.32 Å². The molecule has 0 aliphatic heterocycles. The summed E-state index contributed by atoms with van der Waals surface area (Å²) in [5.41, 5.74) is 2.00. The van der Waals surface area contributed by atoms with Gasteiger partial charge in [0.15, 0.2) is 0 Å². The summed E-state index contributed by atoms with van der Waals surface area (Å²) in [5.74, 6) is -0.0284. The van der Waals surface area contributed by atoms with E-state index in [0.717, 1.165) is 11.3 Å². The molecular formula is C11H21NO. The van der Waals surface area contributed by atoms with E-state index in [1.807, 2.05) is 46.8 Å². The fraction of sp³-hybridized carbons (Fsp3) is 0.545. The molecule has 2 heteroatoms. The van der Waals surface area contributed by atoms with Crippen molar-refractivity contribution in [3.05, 3.63) is 23.4 Å². The van der Waals surface area contributed by atoms with Crippen LogP contribution in [0.3, 0.4) is 0 Å². The van der Waals surface area contributed by atoms with Gasteiger partial charge in [-0.3, -0.25) is 4.79 Å². The van der Waals surface area contributed by atoms with Crippen LogP contribution in [0.1, 0.15) is 41.5 Å². The molecular weight excluding hydrogens is 162 g/mol. The number of hydrogen-bond donors (Lipinski definition) is 1. The second-order valence-electron chi connectivity index (χ2n) is 2.59. The molecule has 0 aliphatic carbocycles. The maximum atomic E-state index is 10.7. The molecule has 0 spiro atoms. The van der Waals surface area contributed by atoms with E-state index < -0.39 is 0 Å². The van der Waals surface area contributed by atoms with Crippen LogP contribution in [-0.4, -0.2) is 5.91 Å². The molecule has 2 nitrogen and oxygen atoms in total. The van der Waals surface area contributed by atoms with Gasteiger partial charge in [-0.25, -0.2) is 0 Å². The maximum absolute atomic E-state index is 10.7. The van der Waals surface area contributed by atoms with Crippen LogP contribution in [-0.2, 0) is 4.79 Å². The summed E-state index contributed by atoms with van der Waals surface area (Å²) < 4.78 is 0. The quantitative estimate of drug-likeness (QED) is 0.655. The Balaban J connectivity index is 0. The Morgan fingerprint density at radius 2 is 1.62 bits per heavy atom. The average molecular weight is 183 g/mol. The number of carbonyl (C=O) groups is 1. The van der Waals surface area contributed by atoms with Gasteiger partial charge in [0.2, 0.25) is 5.91 Å². The van der Waals surface area contributed by atoms with Crippen LogP contribution in [0.25, 0.3) is 0 Å². The zero-order valence-corrected chi connectivity index (χ0v) is 9.56. The summed E-state index contributed by atoms with van der Waals surface area (Å²) >= 11 is 0. The topological polar surface area (TPSA) is 29.1 Å². The minimum absolute atomic E-state index is 0.0284. The molecule has 0 aromatic heterocycles. The van der Waals surface area contributed by atoms with Crippen LogP contribution >= 0.6 is 0 Å². The number of hydrogen-bond acceptors (Lipinski definition) is 1. The van der Waals surface area contributed by atoms with Crippen molar-refractivity contribution < 1.29 is 4.79 Å². The molecule has 0 fully saturated rings. The first-order chi connectivity index (χ1) is 6.07. The summed E-state index contributed by atoms with van der Waals surface area (Å²) in [7, 11) is 0. The average Bonchev–Trinajstić information content (AvgIpc) is 2.06. The van der Waals surface area contributed by atoms with Crippen LogP contribution < -0.4 is 5.32 Å². The lowest BCUT2D eigenvalue weighted by molar-refractivity contribution is -0.118. The first-order valence-electron chi connectivity index (χ1n) is 4.65. The van der Waals surface area contributed by atoms with Crippen molar-refractivity contribution in [2.75, 3.05) is 0 Å². The monoisotopic (exact) mass is 183 g/mol. The van der Waals surface area contributed by atoms with Gasteiger partial charge in [-0.1, -0.05) is 25.5 Å². The molecule has 0 bridgehead atoms. The molecule has 1 N–H and O–H groups in total. The molecule has 0 aromatic carbocycles. The summed E-state index contributed by atoms with van der Waals surface area (Å²) in [5, 5.41) is 2.73. The molecule has 0 saturated carbocycles. The summed E-state index contributed by atoms with van der Waals surface area (Å²) in [6.45, 7) is 11.4. The van der Waals surface area contributed by atoms with Gasteiger partial charge in [-0.05, 0) is 26.8 Å². The summed E-state index contributed by atoms with van der Waals surface area (Å²) in [4.78, 5) is 10.7. The van der Waals surface area contributed by atoms with Crippen molar-refractivity contribution in [2.45, 2.75) is 41.5 Å². The van der Waals surface area contributed by atoms with E-state index >= 15 is 0 Å². The zero-order valence-electron chi connectivity index (χ0n) is 9.56. The first kappa shape index (κ1) is 14.5. The lowest BCUT2D eigenvalue weighted by Crippen LogP contribution is -2.18. The Labute approximate surface area is 81.7 Å². The van der Waals surface area contributed by atoms with Crippen molar-refractivity contribution in [3.8, 4) is 0 Å². The molecule has 0 aromatic rings. The van der Waals surface area contributed by atoms with E-state index in [-0.39, 0.29) is 5.91 Å². The molecule has 0 unspecified atom stereocenters. The van der Waals surface area contributed by atoms with E-state index in [4.69, 9.17) is 0 Å². The van der Waals surface area contributed by atoms with Crippen LogP contribution in [0.5, 0.6) is 0 Å². The van der Waals surface area contributed by atoms with E-state index in [0.29, 0.717) is 0 Å². The number of carbonyl (C=O) groups excluding carboxylic acids is 1. The second kappa shape index (κ2) is 9.04. The number of nitrogens with one attached hydrogen (secondary N) is 1. The Hall–Kier alpha value is -1.05. The molecule has 0 radical (unpaired) electrons. The highest BCUT2D eigenvalue weighted by molar-refractivity contribution is 5.75. The van der Waals surface area contributed by atoms with Gasteiger partial charge in [-0.2, -0.15) is 0 Å².